The van der Waals surface area contributed by atoms with Gasteiger partial charge in [0, 0.05) is 23.2 Å². The number of hydrogen-bond acceptors (Lipinski definition) is 3. The van der Waals surface area contributed by atoms with Crippen LogP contribution in [0.5, 0.6) is 0 Å². The topological polar surface area (TPSA) is 42.7 Å². The highest BCUT2D eigenvalue weighted by Gasteiger charge is 2.40. The number of para-hydroxylation sites is 1. The van der Waals surface area contributed by atoms with Crippen molar-refractivity contribution in [1.82, 2.24) is 14.5 Å². The van der Waals surface area contributed by atoms with Crippen molar-refractivity contribution in [2.75, 3.05) is 5.32 Å². The fourth-order valence-electron chi connectivity index (χ4n) is 5.22. The number of fused-ring (bicyclic) bond motifs is 5. The van der Waals surface area contributed by atoms with Gasteiger partial charge in [0.1, 0.15) is 5.82 Å². The molecule has 1 saturated carbocycles. The molecule has 1 fully saturated rings. The third kappa shape index (κ3) is 3.27. The molecule has 1 atom stereocenters. The number of halogens is 1. The van der Waals surface area contributed by atoms with E-state index in [0.29, 0.717) is 16.5 Å². The van der Waals surface area contributed by atoms with Crippen LogP contribution >= 0.6 is 11.6 Å². The first kappa shape index (κ1) is 20.5. The first-order valence-electron chi connectivity index (χ1n) is 11.5. The fourth-order valence-corrected chi connectivity index (χ4v) is 5.50. The van der Waals surface area contributed by atoms with E-state index < -0.39 is 0 Å². The number of nitrogens with one attached hydrogen (secondary N) is 1. The number of aromatic nitrogens is 3. The molecule has 2 aliphatic rings. The van der Waals surface area contributed by atoms with E-state index in [2.05, 4.69) is 72.0 Å². The van der Waals surface area contributed by atoms with Gasteiger partial charge in [0.15, 0.2) is 11.0 Å². The number of anilines is 2. The van der Waals surface area contributed by atoms with E-state index in [4.69, 9.17) is 16.6 Å². The molecule has 33 heavy (non-hydrogen) atoms. The van der Waals surface area contributed by atoms with Crippen molar-refractivity contribution in [1.29, 1.82) is 0 Å². The van der Waals surface area contributed by atoms with Gasteiger partial charge < -0.3 is 5.32 Å². The average molecular weight is 454 g/mol. The molecule has 1 N–H and O–H groups in total. The molecule has 5 heteroatoms. The van der Waals surface area contributed by atoms with E-state index in [1.165, 1.54) is 18.4 Å². The van der Waals surface area contributed by atoms with Crippen LogP contribution < -0.4 is 5.32 Å². The highest BCUT2D eigenvalue weighted by atomic mass is 35.5. The lowest BCUT2D eigenvalue weighted by molar-refractivity contribution is 0.180. The Kier molecular flexibility index (Phi) is 4.63. The maximum absolute atomic E-state index is 6.80. The van der Waals surface area contributed by atoms with Gasteiger partial charge in [-0.15, -0.1) is 0 Å². The Hall–Kier alpha value is -3.11. The summed E-state index contributed by atoms with van der Waals surface area (Å²) in [4.78, 5) is 9.41. The molecule has 2 aromatic carbocycles. The lowest BCUT2D eigenvalue weighted by Crippen LogP contribution is -2.35. The summed E-state index contributed by atoms with van der Waals surface area (Å²) in [5, 5.41) is 3.97. The van der Waals surface area contributed by atoms with Crippen molar-refractivity contribution in [2.24, 2.45) is 11.3 Å². The van der Waals surface area contributed by atoms with Crippen molar-refractivity contribution >= 4 is 23.1 Å². The molecular weight excluding hydrogens is 428 g/mol. The van der Waals surface area contributed by atoms with Gasteiger partial charge in [-0.3, -0.25) is 4.57 Å². The molecule has 0 spiro atoms. The van der Waals surface area contributed by atoms with Crippen LogP contribution in [0.2, 0.25) is 5.15 Å². The molecule has 0 bridgehead atoms. The van der Waals surface area contributed by atoms with Gasteiger partial charge in [-0.1, -0.05) is 68.8 Å². The maximum atomic E-state index is 6.80. The maximum Gasteiger partial charge on any atom is 0.156 e. The van der Waals surface area contributed by atoms with Gasteiger partial charge in [-0.2, -0.15) is 0 Å². The highest BCUT2D eigenvalue weighted by molar-refractivity contribution is 6.32. The minimum absolute atomic E-state index is 0.301. The minimum atomic E-state index is 0.301. The van der Waals surface area contributed by atoms with Gasteiger partial charge in [0.2, 0.25) is 0 Å². The van der Waals surface area contributed by atoms with Gasteiger partial charge in [0.05, 0.1) is 17.1 Å². The number of imidazole rings is 1. The average Bonchev–Trinajstić information content (AvgIpc) is 3.03. The first-order chi connectivity index (χ1) is 15.9. The number of nitrogens with zero attached hydrogens (tertiary/aromatic N) is 3. The van der Waals surface area contributed by atoms with Crippen molar-refractivity contribution < 1.29 is 0 Å². The van der Waals surface area contributed by atoms with Crippen LogP contribution in [0, 0.1) is 17.3 Å². The summed E-state index contributed by atoms with van der Waals surface area (Å²) in [6.45, 7) is 7.01. The van der Waals surface area contributed by atoms with E-state index in [-0.39, 0.29) is 0 Å². The number of benzene rings is 2. The van der Waals surface area contributed by atoms with Gasteiger partial charge in [-0.25, -0.2) is 9.97 Å². The van der Waals surface area contributed by atoms with Crippen molar-refractivity contribution in [2.45, 2.75) is 33.6 Å². The first-order valence-corrected chi connectivity index (χ1v) is 11.9. The SMILES string of the molecule is CC(C)(C)C1CC[C]1c1ccc(-c2c(Cl)nc3n2-c2cccnc2Nc2ccccc2-3)cc1. The summed E-state index contributed by atoms with van der Waals surface area (Å²) in [5.74, 6) is 3.82. The quantitative estimate of drug-likeness (QED) is 0.298. The molecule has 165 valence electrons. The molecule has 4 nitrogen and oxygen atoms in total. The van der Waals surface area contributed by atoms with E-state index in [1.807, 2.05) is 24.3 Å². The van der Waals surface area contributed by atoms with Crippen LogP contribution in [-0.4, -0.2) is 14.5 Å². The summed E-state index contributed by atoms with van der Waals surface area (Å²) in [6.07, 6.45) is 4.26. The molecule has 1 radical (unpaired) electrons. The summed E-state index contributed by atoms with van der Waals surface area (Å²) < 4.78 is 2.13. The highest BCUT2D eigenvalue weighted by Crippen LogP contribution is 2.51. The minimum Gasteiger partial charge on any atom is -0.338 e. The van der Waals surface area contributed by atoms with Crippen LogP contribution in [0.3, 0.4) is 0 Å². The van der Waals surface area contributed by atoms with Crippen molar-refractivity contribution in [3.05, 3.63) is 83.5 Å². The van der Waals surface area contributed by atoms with E-state index in [9.17, 15) is 0 Å². The van der Waals surface area contributed by atoms with E-state index in [1.54, 1.807) is 12.1 Å². The predicted octanol–water partition coefficient (Wildman–Crippen LogP) is 7.69. The van der Waals surface area contributed by atoms with Crippen molar-refractivity contribution in [3.8, 4) is 28.3 Å². The van der Waals surface area contributed by atoms with Gasteiger partial charge >= 0.3 is 0 Å². The number of rotatable bonds is 2. The predicted molar refractivity (Wildman–Crippen MR) is 135 cm³/mol. The lowest BCUT2D eigenvalue weighted by atomic mass is 9.59. The molecule has 3 heterocycles. The fraction of sp³-hybridized carbons (Fsp3) is 0.250. The van der Waals surface area contributed by atoms with Crippen LogP contribution in [0.25, 0.3) is 28.3 Å². The van der Waals surface area contributed by atoms with Crippen LogP contribution in [0.15, 0.2) is 66.9 Å². The summed E-state index contributed by atoms with van der Waals surface area (Å²) in [6, 6.07) is 21.0. The summed E-state index contributed by atoms with van der Waals surface area (Å²) in [7, 11) is 0. The molecule has 6 rings (SSSR count). The Bertz CT molecular complexity index is 1350. The largest absolute Gasteiger partial charge is 0.338 e. The van der Waals surface area contributed by atoms with Crippen LogP contribution in [-0.2, 0) is 0 Å². The molecule has 0 saturated heterocycles. The standard InChI is InChI=1S/C28H26ClN4/c1-28(2,3)21-15-14-19(21)17-10-12-18(13-11-17)24-25(29)32-27-20-7-4-5-8-22(20)31-26-23(33(24)27)9-6-16-30-26/h4-13,16,21H,14-15H2,1-3H3,(H,30,31). The Balaban J connectivity index is 1.48. The molecule has 0 amide bonds. The monoisotopic (exact) mass is 453 g/mol. The van der Waals surface area contributed by atoms with Gasteiger partial charge in [0.25, 0.3) is 0 Å². The second-order valence-corrected chi connectivity index (χ2v) is 10.4. The molecule has 2 aromatic heterocycles. The molecule has 1 aliphatic heterocycles. The molecular formula is C28H26ClN4. The molecule has 4 aromatic rings. The van der Waals surface area contributed by atoms with Crippen molar-refractivity contribution in [3.63, 3.8) is 0 Å². The molecule has 1 unspecified atom stereocenters. The number of pyridine rings is 1. The van der Waals surface area contributed by atoms with E-state index in [0.717, 1.165) is 39.8 Å². The van der Waals surface area contributed by atoms with Crippen LogP contribution in [0.1, 0.15) is 39.2 Å². The zero-order valence-electron chi connectivity index (χ0n) is 19.1. The Labute approximate surface area is 199 Å². The Morgan fingerprint density at radius 3 is 2.45 bits per heavy atom. The van der Waals surface area contributed by atoms with E-state index >= 15 is 0 Å². The zero-order valence-corrected chi connectivity index (χ0v) is 19.8. The van der Waals surface area contributed by atoms with Gasteiger partial charge in [-0.05, 0) is 54.0 Å². The Morgan fingerprint density at radius 1 is 0.970 bits per heavy atom. The Morgan fingerprint density at radius 2 is 1.73 bits per heavy atom. The zero-order chi connectivity index (χ0) is 22.7. The second-order valence-electron chi connectivity index (χ2n) is 10.0. The van der Waals surface area contributed by atoms with Crippen LogP contribution in [0.4, 0.5) is 11.5 Å². The second kappa shape index (κ2) is 7.46. The third-order valence-corrected chi connectivity index (χ3v) is 7.24. The lowest BCUT2D eigenvalue weighted by Gasteiger charge is -2.45. The smallest absolute Gasteiger partial charge is 0.156 e. The molecule has 1 aliphatic carbocycles. The summed E-state index contributed by atoms with van der Waals surface area (Å²) in [5.41, 5.74) is 6.47. The third-order valence-electron chi connectivity index (χ3n) is 6.98. The normalized spacial score (nSPS) is 17.3. The number of hydrogen-bond donors (Lipinski definition) is 1. The summed E-state index contributed by atoms with van der Waals surface area (Å²) >= 11 is 6.80.